The molecule has 5 nitrogen and oxygen atoms in total. The average Bonchev–Trinajstić information content (AvgIpc) is 2.49. The minimum absolute atomic E-state index is 0.150. The number of aromatic hydroxyl groups is 1. The zero-order valence-electron chi connectivity index (χ0n) is 12.4. The molecule has 0 saturated carbocycles. The summed E-state index contributed by atoms with van der Waals surface area (Å²) in [5, 5.41) is 12.5. The predicted octanol–water partition coefficient (Wildman–Crippen LogP) is 2.79. The minimum Gasteiger partial charge on any atom is -0.508 e. The number of carbonyl (C=O) groups is 1. The summed E-state index contributed by atoms with van der Waals surface area (Å²) < 4.78 is 11.7. The number of phenolic OH excluding ortho intramolecular Hbond substituents is 1. The lowest BCUT2D eigenvalue weighted by atomic mass is 10.2. The Kier molecular flexibility index (Phi) is 5.16. The molecule has 0 aliphatic heterocycles. The normalized spacial score (nSPS) is 11.7. The molecule has 6 heteroatoms. The van der Waals surface area contributed by atoms with Gasteiger partial charge in [0.2, 0.25) is 0 Å². The molecule has 0 fully saturated rings. The van der Waals surface area contributed by atoms with Crippen LogP contribution in [0, 0.1) is 0 Å². The second-order valence-corrected chi connectivity index (χ2v) is 6.21. The molecule has 0 bridgehead atoms. The standard InChI is InChI=1S/C16H18N2O3S/c1-18(11-12-7-3-5-9-14(12)19)16(20)17-13-8-4-6-10-15(13)22(2)21/h3-10,19H,11H2,1-2H3,(H,17,20)/t22-/m0/s1. The Morgan fingerprint density at radius 2 is 1.82 bits per heavy atom. The number of urea groups is 1. The molecule has 2 rings (SSSR count). The van der Waals surface area contributed by atoms with Crippen molar-refractivity contribution in [3.63, 3.8) is 0 Å². The van der Waals surface area contributed by atoms with Crippen LogP contribution in [0.1, 0.15) is 5.56 Å². The van der Waals surface area contributed by atoms with Gasteiger partial charge >= 0.3 is 6.03 Å². The lowest BCUT2D eigenvalue weighted by Gasteiger charge is -2.19. The molecule has 2 aromatic carbocycles. The van der Waals surface area contributed by atoms with Crippen molar-refractivity contribution in [2.75, 3.05) is 18.6 Å². The number of benzene rings is 2. The average molecular weight is 318 g/mol. The molecular formula is C16H18N2O3S. The predicted molar refractivity (Wildman–Crippen MR) is 87.4 cm³/mol. The molecule has 0 heterocycles. The first-order valence-electron chi connectivity index (χ1n) is 6.70. The quantitative estimate of drug-likeness (QED) is 0.911. The third-order valence-electron chi connectivity index (χ3n) is 3.18. The maximum atomic E-state index is 12.2. The van der Waals surface area contributed by atoms with Crippen LogP contribution in [0.25, 0.3) is 0 Å². The van der Waals surface area contributed by atoms with Crippen LogP contribution in [0.3, 0.4) is 0 Å². The Morgan fingerprint density at radius 3 is 2.50 bits per heavy atom. The van der Waals surface area contributed by atoms with Gasteiger partial charge < -0.3 is 15.3 Å². The third kappa shape index (κ3) is 3.85. The summed E-state index contributed by atoms with van der Waals surface area (Å²) in [5.41, 5.74) is 1.19. The summed E-state index contributed by atoms with van der Waals surface area (Å²) in [4.78, 5) is 14.3. The van der Waals surface area contributed by atoms with E-state index in [4.69, 9.17) is 0 Å². The van der Waals surface area contributed by atoms with Crippen LogP contribution in [0.4, 0.5) is 10.5 Å². The maximum Gasteiger partial charge on any atom is 0.321 e. The molecule has 0 spiro atoms. The van der Waals surface area contributed by atoms with Gasteiger partial charge in [-0.2, -0.15) is 0 Å². The van der Waals surface area contributed by atoms with Crippen LogP contribution < -0.4 is 5.32 Å². The minimum atomic E-state index is -1.18. The summed E-state index contributed by atoms with van der Waals surface area (Å²) in [6.07, 6.45) is 1.57. The first-order chi connectivity index (χ1) is 10.5. The van der Waals surface area contributed by atoms with E-state index in [0.29, 0.717) is 16.1 Å². The largest absolute Gasteiger partial charge is 0.508 e. The van der Waals surface area contributed by atoms with E-state index in [0.717, 1.165) is 0 Å². The fourth-order valence-corrected chi connectivity index (χ4v) is 2.70. The van der Waals surface area contributed by atoms with Gasteiger partial charge in [0.05, 0.1) is 27.9 Å². The van der Waals surface area contributed by atoms with Gasteiger partial charge in [-0.25, -0.2) is 4.79 Å². The molecule has 1 atom stereocenters. The highest BCUT2D eigenvalue weighted by Crippen LogP contribution is 2.20. The van der Waals surface area contributed by atoms with Crippen LogP contribution in [0.5, 0.6) is 5.75 Å². The molecule has 116 valence electrons. The van der Waals surface area contributed by atoms with Crippen LogP contribution >= 0.6 is 0 Å². The number of hydrogen-bond acceptors (Lipinski definition) is 3. The van der Waals surface area contributed by atoms with Gasteiger partial charge in [0.1, 0.15) is 5.75 Å². The van der Waals surface area contributed by atoms with Crippen LogP contribution in [-0.4, -0.2) is 33.5 Å². The fraction of sp³-hybridized carbons (Fsp3) is 0.188. The van der Waals surface area contributed by atoms with Crippen LogP contribution in [0.2, 0.25) is 0 Å². The highest BCUT2D eigenvalue weighted by Gasteiger charge is 2.14. The van der Waals surface area contributed by atoms with Crippen molar-refractivity contribution in [3.05, 3.63) is 54.1 Å². The van der Waals surface area contributed by atoms with Crippen molar-refractivity contribution in [1.82, 2.24) is 4.90 Å². The number of nitrogens with zero attached hydrogens (tertiary/aromatic N) is 1. The molecule has 0 saturated heterocycles. The summed E-state index contributed by atoms with van der Waals surface area (Å²) in [6.45, 7) is 0.274. The highest BCUT2D eigenvalue weighted by molar-refractivity contribution is 7.84. The number of phenols is 1. The van der Waals surface area contributed by atoms with Crippen molar-refractivity contribution < 1.29 is 14.1 Å². The van der Waals surface area contributed by atoms with Gasteiger partial charge in [-0.1, -0.05) is 30.3 Å². The van der Waals surface area contributed by atoms with Crippen molar-refractivity contribution >= 4 is 22.5 Å². The Morgan fingerprint density at radius 1 is 1.18 bits per heavy atom. The van der Waals surface area contributed by atoms with E-state index in [1.54, 1.807) is 61.8 Å². The Balaban J connectivity index is 2.09. The van der Waals surface area contributed by atoms with E-state index in [1.165, 1.54) is 4.90 Å². The summed E-state index contributed by atoms with van der Waals surface area (Å²) >= 11 is 0. The molecule has 0 aromatic heterocycles. The molecule has 0 radical (unpaired) electrons. The highest BCUT2D eigenvalue weighted by atomic mass is 32.2. The Labute approximate surface area is 132 Å². The number of anilines is 1. The SMILES string of the molecule is CN(Cc1ccccc1O)C(=O)Nc1ccccc1[S@](C)=O. The second-order valence-electron chi connectivity index (χ2n) is 4.87. The Hall–Kier alpha value is -2.34. The lowest BCUT2D eigenvalue weighted by Crippen LogP contribution is -2.31. The van der Waals surface area contributed by atoms with Gasteiger partial charge in [0.25, 0.3) is 0 Å². The van der Waals surface area contributed by atoms with Gasteiger partial charge in [-0.05, 0) is 18.2 Å². The number of para-hydroxylation sites is 2. The molecule has 2 amide bonds. The maximum absolute atomic E-state index is 12.2. The number of nitrogens with one attached hydrogen (secondary N) is 1. The van der Waals surface area contributed by atoms with E-state index >= 15 is 0 Å². The van der Waals surface area contributed by atoms with E-state index in [9.17, 15) is 14.1 Å². The van der Waals surface area contributed by atoms with E-state index in [-0.39, 0.29) is 18.3 Å². The summed E-state index contributed by atoms with van der Waals surface area (Å²) in [5.74, 6) is 0.150. The van der Waals surface area contributed by atoms with Gasteiger partial charge in [-0.3, -0.25) is 4.21 Å². The van der Waals surface area contributed by atoms with Gasteiger partial charge in [-0.15, -0.1) is 0 Å². The van der Waals surface area contributed by atoms with Crippen LogP contribution in [-0.2, 0) is 17.3 Å². The molecule has 0 unspecified atom stereocenters. The summed E-state index contributed by atoms with van der Waals surface area (Å²) in [6, 6.07) is 13.5. The van der Waals surface area contributed by atoms with Crippen molar-refractivity contribution in [2.24, 2.45) is 0 Å². The van der Waals surface area contributed by atoms with E-state index in [2.05, 4.69) is 5.32 Å². The third-order valence-corrected chi connectivity index (χ3v) is 4.16. The number of rotatable bonds is 4. The second kappa shape index (κ2) is 7.09. The van der Waals surface area contributed by atoms with Crippen molar-refractivity contribution in [3.8, 4) is 5.75 Å². The van der Waals surface area contributed by atoms with E-state index < -0.39 is 10.8 Å². The Bertz CT molecular complexity index is 703. The first-order valence-corrected chi connectivity index (χ1v) is 8.26. The van der Waals surface area contributed by atoms with E-state index in [1.807, 2.05) is 0 Å². The molecule has 2 N–H and O–H groups in total. The smallest absolute Gasteiger partial charge is 0.321 e. The molecular weight excluding hydrogens is 300 g/mol. The van der Waals surface area contributed by atoms with Gasteiger partial charge in [0.15, 0.2) is 0 Å². The number of carbonyl (C=O) groups excluding carboxylic acids is 1. The lowest BCUT2D eigenvalue weighted by molar-refractivity contribution is 0.220. The topological polar surface area (TPSA) is 69.6 Å². The van der Waals surface area contributed by atoms with Crippen LogP contribution in [0.15, 0.2) is 53.4 Å². The summed E-state index contributed by atoms with van der Waals surface area (Å²) in [7, 11) is 0.447. The molecule has 0 aliphatic rings. The fourth-order valence-electron chi connectivity index (χ4n) is 2.00. The monoisotopic (exact) mass is 318 g/mol. The molecule has 22 heavy (non-hydrogen) atoms. The zero-order valence-corrected chi connectivity index (χ0v) is 13.3. The molecule has 0 aliphatic carbocycles. The molecule has 2 aromatic rings. The van der Waals surface area contributed by atoms with Crippen molar-refractivity contribution in [2.45, 2.75) is 11.4 Å². The first kappa shape index (κ1) is 16.0. The van der Waals surface area contributed by atoms with Crippen molar-refractivity contribution in [1.29, 1.82) is 0 Å². The van der Waals surface area contributed by atoms with Gasteiger partial charge in [0, 0.05) is 18.9 Å². The number of hydrogen-bond donors (Lipinski definition) is 2. The number of amides is 2. The zero-order chi connectivity index (χ0) is 16.1.